The fourth-order valence-electron chi connectivity index (χ4n) is 2.65. The van der Waals surface area contributed by atoms with Crippen LogP contribution in [0, 0.1) is 0 Å². The van der Waals surface area contributed by atoms with Crippen LogP contribution in [0.15, 0.2) is 0 Å². The van der Waals surface area contributed by atoms with Gasteiger partial charge >= 0.3 is 5.97 Å². The molecule has 4 nitrogen and oxygen atoms in total. The van der Waals surface area contributed by atoms with E-state index in [4.69, 9.17) is 4.74 Å². The molecule has 0 spiro atoms. The molecule has 17 heavy (non-hydrogen) atoms. The molecule has 1 fully saturated rings. The summed E-state index contributed by atoms with van der Waals surface area (Å²) in [5.41, 5.74) is -0.421. The molecule has 1 saturated heterocycles. The first-order valence-electron chi connectivity index (χ1n) is 6.44. The highest BCUT2D eigenvalue weighted by atomic mass is 16.5. The number of hydrogen-bond donors (Lipinski definition) is 1. The summed E-state index contributed by atoms with van der Waals surface area (Å²) in [7, 11) is 1.45. The summed E-state index contributed by atoms with van der Waals surface area (Å²) in [6, 6.07) is 0. The SMILES string of the molecule is CCNC(C)(CN1CCCC1(C)C)C(=O)OC. The van der Waals surface area contributed by atoms with Gasteiger partial charge in [0.05, 0.1) is 7.11 Å². The van der Waals surface area contributed by atoms with Crippen molar-refractivity contribution in [3.05, 3.63) is 0 Å². The van der Waals surface area contributed by atoms with Crippen LogP contribution in [0.3, 0.4) is 0 Å². The van der Waals surface area contributed by atoms with Crippen LogP contribution < -0.4 is 5.32 Å². The largest absolute Gasteiger partial charge is 0.468 e. The number of hydrogen-bond acceptors (Lipinski definition) is 4. The number of nitrogens with one attached hydrogen (secondary N) is 1. The van der Waals surface area contributed by atoms with Crippen molar-refractivity contribution < 1.29 is 9.53 Å². The van der Waals surface area contributed by atoms with Gasteiger partial charge in [0.15, 0.2) is 0 Å². The van der Waals surface area contributed by atoms with Crippen LogP contribution in [0.2, 0.25) is 0 Å². The number of carbonyl (C=O) groups excluding carboxylic acids is 1. The zero-order chi connectivity index (χ0) is 13.1. The Hall–Kier alpha value is -0.610. The summed E-state index contributed by atoms with van der Waals surface area (Å²) < 4.78 is 4.92. The van der Waals surface area contributed by atoms with Gasteiger partial charge < -0.3 is 10.1 Å². The minimum absolute atomic E-state index is 0.179. The molecule has 1 heterocycles. The number of esters is 1. The van der Waals surface area contributed by atoms with Gasteiger partial charge in [-0.3, -0.25) is 9.69 Å². The summed E-state index contributed by atoms with van der Waals surface area (Å²) >= 11 is 0. The molecule has 0 amide bonds. The van der Waals surface area contributed by atoms with Gasteiger partial charge in [-0.25, -0.2) is 0 Å². The average molecular weight is 242 g/mol. The second kappa shape index (κ2) is 5.36. The highest BCUT2D eigenvalue weighted by Gasteiger charge is 2.41. The van der Waals surface area contributed by atoms with Crippen molar-refractivity contribution in [3.63, 3.8) is 0 Å². The van der Waals surface area contributed by atoms with E-state index in [2.05, 4.69) is 24.1 Å². The predicted octanol–water partition coefficient (Wildman–Crippen LogP) is 1.40. The molecule has 0 saturated carbocycles. The summed E-state index contributed by atoms with van der Waals surface area (Å²) in [5.74, 6) is -0.179. The summed E-state index contributed by atoms with van der Waals surface area (Å²) in [6.07, 6.45) is 2.40. The summed E-state index contributed by atoms with van der Waals surface area (Å²) in [4.78, 5) is 14.3. The Balaban J connectivity index is 2.76. The molecular weight excluding hydrogens is 216 g/mol. The third kappa shape index (κ3) is 3.19. The van der Waals surface area contributed by atoms with E-state index in [9.17, 15) is 4.79 Å². The molecular formula is C13H26N2O2. The molecule has 0 aromatic heterocycles. The van der Waals surface area contributed by atoms with E-state index in [1.807, 2.05) is 13.8 Å². The van der Waals surface area contributed by atoms with Crippen LogP contribution in [0.25, 0.3) is 0 Å². The van der Waals surface area contributed by atoms with Gasteiger partial charge in [-0.05, 0) is 46.7 Å². The molecule has 0 aliphatic carbocycles. The fourth-order valence-corrected chi connectivity index (χ4v) is 2.65. The molecule has 1 atom stereocenters. The number of ether oxygens (including phenoxy) is 1. The van der Waals surface area contributed by atoms with Crippen molar-refractivity contribution in [2.75, 3.05) is 26.7 Å². The van der Waals surface area contributed by atoms with Gasteiger partial charge in [0.25, 0.3) is 0 Å². The lowest BCUT2D eigenvalue weighted by Gasteiger charge is -2.38. The van der Waals surface area contributed by atoms with Crippen LogP contribution in [0.5, 0.6) is 0 Å². The number of likely N-dealkylation sites (N-methyl/N-ethyl adjacent to an activating group) is 1. The van der Waals surface area contributed by atoms with Gasteiger partial charge in [-0.15, -0.1) is 0 Å². The van der Waals surface area contributed by atoms with Gasteiger partial charge in [-0.2, -0.15) is 0 Å². The molecule has 0 aromatic carbocycles. The average Bonchev–Trinajstić information content (AvgIpc) is 2.57. The molecule has 1 aliphatic heterocycles. The second-order valence-electron chi connectivity index (χ2n) is 5.69. The van der Waals surface area contributed by atoms with Gasteiger partial charge in [0, 0.05) is 12.1 Å². The van der Waals surface area contributed by atoms with E-state index < -0.39 is 5.54 Å². The lowest BCUT2D eigenvalue weighted by Crippen LogP contribution is -2.59. The summed E-state index contributed by atoms with van der Waals surface area (Å²) in [5, 5.41) is 3.26. The molecule has 1 rings (SSSR count). The Morgan fingerprint density at radius 3 is 2.59 bits per heavy atom. The number of carbonyl (C=O) groups is 1. The van der Waals surface area contributed by atoms with Crippen LogP contribution in [0.4, 0.5) is 0 Å². The van der Waals surface area contributed by atoms with Gasteiger partial charge in [-0.1, -0.05) is 6.92 Å². The standard InChI is InChI=1S/C13H26N2O2/c1-6-14-13(4,11(16)17-5)10-15-9-7-8-12(15,2)3/h14H,6-10H2,1-5H3. The van der Waals surface area contributed by atoms with Crippen LogP contribution >= 0.6 is 0 Å². The lowest BCUT2D eigenvalue weighted by molar-refractivity contribution is -0.149. The van der Waals surface area contributed by atoms with Crippen molar-refractivity contribution in [2.45, 2.75) is 51.6 Å². The van der Waals surface area contributed by atoms with Gasteiger partial charge in [0.2, 0.25) is 0 Å². The Morgan fingerprint density at radius 2 is 2.18 bits per heavy atom. The first kappa shape index (κ1) is 14.5. The number of likely N-dealkylation sites (tertiary alicyclic amines) is 1. The van der Waals surface area contributed by atoms with Crippen molar-refractivity contribution in [1.29, 1.82) is 0 Å². The van der Waals surface area contributed by atoms with E-state index in [1.54, 1.807) is 0 Å². The van der Waals surface area contributed by atoms with E-state index in [0.29, 0.717) is 6.54 Å². The zero-order valence-electron chi connectivity index (χ0n) is 11.8. The van der Waals surface area contributed by atoms with E-state index >= 15 is 0 Å². The van der Waals surface area contributed by atoms with Crippen molar-refractivity contribution in [3.8, 4) is 0 Å². The first-order chi connectivity index (χ1) is 7.85. The second-order valence-corrected chi connectivity index (χ2v) is 5.69. The first-order valence-corrected chi connectivity index (χ1v) is 6.44. The quantitative estimate of drug-likeness (QED) is 0.740. The van der Waals surface area contributed by atoms with Gasteiger partial charge in [0.1, 0.15) is 5.54 Å². The van der Waals surface area contributed by atoms with Crippen LogP contribution in [0.1, 0.15) is 40.5 Å². The van der Waals surface area contributed by atoms with E-state index in [0.717, 1.165) is 13.1 Å². The third-order valence-electron chi connectivity index (χ3n) is 3.78. The Bertz CT molecular complexity index is 279. The normalized spacial score (nSPS) is 23.4. The van der Waals surface area contributed by atoms with E-state index in [-0.39, 0.29) is 11.5 Å². The molecule has 0 radical (unpaired) electrons. The van der Waals surface area contributed by atoms with Crippen molar-refractivity contribution in [1.82, 2.24) is 10.2 Å². The number of nitrogens with zero attached hydrogens (tertiary/aromatic N) is 1. The Labute approximate surface area is 105 Å². The molecule has 0 aromatic rings. The lowest BCUT2D eigenvalue weighted by atomic mass is 9.97. The Kier molecular flexibility index (Phi) is 4.55. The van der Waals surface area contributed by atoms with Crippen LogP contribution in [-0.2, 0) is 9.53 Å². The van der Waals surface area contributed by atoms with Crippen molar-refractivity contribution >= 4 is 5.97 Å². The molecule has 1 aliphatic rings. The maximum absolute atomic E-state index is 11.9. The predicted molar refractivity (Wildman–Crippen MR) is 69.0 cm³/mol. The molecule has 1 N–H and O–H groups in total. The number of rotatable bonds is 5. The molecule has 100 valence electrons. The smallest absolute Gasteiger partial charge is 0.327 e. The monoisotopic (exact) mass is 242 g/mol. The highest BCUT2D eigenvalue weighted by Crippen LogP contribution is 2.29. The minimum Gasteiger partial charge on any atom is -0.468 e. The number of methoxy groups -OCH3 is 1. The fraction of sp³-hybridized carbons (Fsp3) is 0.923. The van der Waals surface area contributed by atoms with Crippen molar-refractivity contribution in [2.24, 2.45) is 0 Å². The van der Waals surface area contributed by atoms with E-state index in [1.165, 1.54) is 20.0 Å². The maximum atomic E-state index is 11.9. The van der Waals surface area contributed by atoms with Crippen LogP contribution in [-0.4, -0.2) is 48.7 Å². The topological polar surface area (TPSA) is 41.6 Å². The highest BCUT2D eigenvalue weighted by molar-refractivity contribution is 5.80. The minimum atomic E-state index is -0.606. The molecule has 0 bridgehead atoms. The Morgan fingerprint density at radius 1 is 1.53 bits per heavy atom. The molecule has 4 heteroatoms. The zero-order valence-corrected chi connectivity index (χ0v) is 11.8. The maximum Gasteiger partial charge on any atom is 0.327 e. The summed E-state index contributed by atoms with van der Waals surface area (Å²) in [6.45, 7) is 11.0. The third-order valence-corrected chi connectivity index (χ3v) is 3.78. The molecule has 1 unspecified atom stereocenters.